The van der Waals surface area contributed by atoms with Crippen molar-refractivity contribution in [1.82, 2.24) is 0 Å². The number of rotatable bonds is 6. The lowest BCUT2D eigenvalue weighted by molar-refractivity contribution is 0.793. The highest BCUT2D eigenvalue weighted by molar-refractivity contribution is 5.97. The minimum absolute atomic E-state index is 0.510. The standard InChI is InChI=1S/C52H40N2/c1-35-14-11-19-39(30-35)53(38-17-5-4-6-18-38)42-26-28-46-47-29-27-43(54(40-20-12-15-36(2)31-40)41-21-13-16-37(3)32-41)34-51(47)52(50(46)33-42)48-24-9-7-22-44(48)45-23-8-10-25-49(45)52/h4-34H,1-3H3. The van der Waals surface area contributed by atoms with Gasteiger partial charge in [0, 0.05) is 34.1 Å². The number of para-hydroxylation sites is 1. The van der Waals surface area contributed by atoms with Crippen LogP contribution < -0.4 is 9.80 Å². The van der Waals surface area contributed by atoms with Crippen LogP contribution in [0.1, 0.15) is 38.9 Å². The first-order valence-corrected chi connectivity index (χ1v) is 18.8. The predicted molar refractivity (Wildman–Crippen MR) is 226 cm³/mol. The molecular weight excluding hydrogens is 653 g/mol. The molecule has 2 aliphatic rings. The van der Waals surface area contributed by atoms with Crippen LogP contribution in [-0.2, 0) is 5.41 Å². The van der Waals surface area contributed by atoms with Crippen LogP contribution in [-0.4, -0.2) is 0 Å². The first-order valence-electron chi connectivity index (χ1n) is 18.8. The van der Waals surface area contributed by atoms with Gasteiger partial charge in [-0.3, -0.25) is 0 Å². The number of nitrogens with zero attached hydrogens (tertiary/aromatic N) is 2. The molecule has 8 aromatic carbocycles. The van der Waals surface area contributed by atoms with Gasteiger partial charge in [0.1, 0.15) is 0 Å². The van der Waals surface area contributed by atoms with Crippen molar-refractivity contribution in [3.05, 3.63) is 227 Å². The minimum atomic E-state index is -0.510. The Bertz CT molecular complexity index is 2630. The molecule has 0 N–H and O–H groups in total. The van der Waals surface area contributed by atoms with Gasteiger partial charge in [0.25, 0.3) is 0 Å². The molecule has 0 saturated heterocycles. The zero-order valence-electron chi connectivity index (χ0n) is 30.8. The topological polar surface area (TPSA) is 6.48 Å². The van der Waals surface area contributed by atoms with E-state index in [1.54, 1.807) is 0 Å². The van der Waals surface area contributed by atoms with Crippen LogP contribution >= 0.6 is 0 Å². The highest BCUT2D eigenvalue weighted by Gasteiger charge is 2.52. The summed E-state index contributed by atoms with van der Waals surface area (Å²) in [5.74, 6) is 0. The molecule has 2 nitrogen and oxygen atoms in total. The Hall–Kier alpha value is -6.64. The minimum Gasteiger partial charge on any atom is -0.310 e. The Morgan fingerprint density at radius 2 is 0.630 bits per heavy atom. The number of hydrogen-bond acceptors (Lipinski definition) is 2. The van der Waals surface area contributed by atoms with E-state index >= 15 is 0 Å². The van der Waals surface area contributed by atoms with E-state index in [9.17, 15) is 0 Å². The molecule has 258 valence electrons. The number of anilines is 6. The lowest BCUT2D eigenvalue weighted by Gasteiger charge is -2.33. The van der Waals surface area contributed by atoms with E-state index in [0.29, 0.717) is 0 Å². The SMILES string of the molecule is Cc1cccc(N(c2ccccc2)c2ccc3c(c2)C2(c4ccccc4-c4ccccc42)c2cc(N(c4cccc(C)c4)c4cccc(C)c4)ccc2-3)c1. The molecule has 10 rings (SSSR count). The number of aryl methyl sites for hydroxylation is 3. The van der Waals surface area contributed by atoms with Crippen molar-refractivity contribution in [2.45, 2.75) is 26.2 Å². The van der Waals surface area contributed by atoms with Crippen molar-refractivity contribution in [2.75, 3.05) is 9.80 Å². The van der Waals surface area contributed by atoms with Gasteiger partial charge in [-0.15, -0.1) is 0 Å². The number of benzene rings is 8. The summed E-state index contributed by atoms with van der Waals surface area (Å²) in [5.41, 5.74) is 20.5. The average Bonchev–Trinajstić information content (AvgIpc) is 3.65. The van der Waals surface area contributed by atoms with Crippen LogP contribution in [0.25, 0.3) is 22.3 Å². The maximum atomic E-state index is 2.48. The highest BCUT2D eigenvalue weighted by atomic mass is 15.1. The Balaban J connectivity index is 1.26. The average molecular weight is 693 g/mol. The molecule has 8 aromatic rings. The van der Waals surface area contributed by atoms with E-state index in [1.807, 2.05) is 0 Å². The van der Waals surface area contributed by atoms with Gasteiger partial charge in [-0.1, -0.05) is 115 Å². The van der Waals surface area contributed by atoms with Gasteiger partial charge in [-0.25, -0.2) is 0 Å². The van der Waals surface area contributed by atoms with E-state index in [-0.39, 0.29) is 0 Å². The van der Waals surface area contributed by atoms with Crippen LogP contribution in [0.15, 0.2) is 188 Å². The summed E-state index contributed by atoms with van der Waals surface area (Å²) in [6.45, 7) is 6.51. The molecule has 0 unspecified atom stereocenters. The van der Waals surface area contributed by atoms with Crippen molar-refractivity contribution in [3.8, 4) is 22.3 Å². The van der Waals surface area contributed by atoms with E-state index in [2.05, 4.69) is 219 Å². The van der Waals surface area contributed by atoms with Crippen LogP contribution in [0.3, 0.4) is 0 Å². The zero-order valence-corrected chi connectivity index (χ0v) is 30.8. The third kappa shape index (κ3) is 4.87. The molecule has 0 heterocycles. The van der Waals surface area contributed by atoms with Gasteiger partial charge in [0.05, 0.1) is 5.41 Å². The summed E-state index contributed by atoms with van der Waals surface area (Å²) in [5, 5.41) is 0. The maximum Gasteiger partial charge on any atom is 0.0727 e. The Morgan fingerprint density at radius 3 is 1.07 bits per heavy atom. The Labute approximate surface area is 318 Å². The fourth-order valence-corrected chi connectivity index (χ4v) is 9.17. The van der Waals surface area contributed by atoms with Crippen molar-refractivity contribution >= 4 is 34.1 Å². The highest BCUT2D eigenvalue weighted by Crippen LogP contribution is 2.64. The second-order valence-corrected chi connectivity index (χ2v) is 14.8. The van der Waals surface area contributed by atoms with Crippen LogP contribution in [0.2, 0.25) is 0 Å². The first-order chi connectivity index (χ1) is 26.5. The van der Waals surface area contributed by atoms with Crippen molar-refractivity contribution in [3.63, 3.8) is 0 Å². The molecule has 0 atom stereocenters. The van der Waals surface area contributed by atoms with Gasteiger partial charge >= 0.3 is 0 Å². The van der Waals surface area contributed by atoms with Gasteiger partial charge in [0.15, 0.2) is 0 Å². The predicted octanol–water partition coefficient (Wildman–Crippen LogP) is 13.9. The first kappa shape index (κ1) is 32.0. The smallest absolute Gasteiger partial charge is 0.0727 e. The van der Waals surface area contributed by atoms with E-state index in [1.165, 1.54) is 61.2 Å². The molecule has 1 spiro atoms. The molecule has 0 aromatic heterocycles. The molecular formula is C52H40N2. The summed E-state index contributed by atoms with van der Waals surface area (Å²) in [6, 6.07) is 69.7. The fraction of sp³-hybridized carbons (Fsp3) is 0.0769. The van der Waals surface area contributed by atoms with Crippen LogP contribution in [0, 0.1) is 20.8 Å². The van der Waals surface area contributed by atoms with Crippen molar-refractivity contribution in [1.29, 1.82) is 0 Å². The zero-order chi connectivity index (χ0) is 36.4. The third-order valence-electron chi connectivity index (χ3n) is 11.4. The molecule has 54 heavy (non-hydrogen) atoms. The third-order valence-corrected chi connectivity index (χ3v) is 11.4. The number of fused-ring (bicyclic) bond motifs is 10. The lowest BCUT2D eigenvalue weighted by Crippen LogP contribution is -2.26. The van der Waals surface area contributed by atoms with Crippen molar-refractivity contribution in [2.24, 2.45) is 0 Å². The normalized spacial score (nSPS) is 12.9. The van der Waals surface area contributed by atoms with Gasteiger partial charge in [-0.2, -0.15) is 0 Å². The van der Waals surface area contributed by atoms with Crippen molar-refractivity contribution < 1.29 is 0 Å². The quantitative estimate of drug-likeness (QED) is 0.171. The summed E-state index contributed by atoms with van der Waals surface area (Å²) >= 11 is 0. The summed E-state index contributed by atoms with van der Waals surface area (Å²) in [4.78, 5) is 4.82. The summed E-state index contributed by atoms with van der Waals surface area (Å²) in [6.07, 6.45) is 0. The summed E-state index contributed by atoms with van der Waals surface area (Å²) < 4.78 is 0. The van der Waals surface area contributed by atoms with E-state index in [0.717, 1.165) is 34.1 Å². The largest absolute Gasteiger partial charge is 0.310 e. The molecule has 0 radical (unpaired) electrons. The van der Waals surface area contributed by atoms with Crippen LogP contribution in [0.5, 0.6) is 0 Å². The Morgan fingerprint density at radius 1 is 0.278 bits per heavy atom. The summed E-state index contributed by atoms with van der Waals surface area (Å²) in [7, 11) is 0. The molecule has 0 amide bonds. The van der Waals surface area contributed by atoms with E-state index < -0.39 is 5.41 Å². The molecule has 0 fully saturated rings. The van der Waals surface area contributed by atoms with Gasteiger partial charge in [0.2, 0.25) is 0 Å². The molecule has 2 heteroatoms. The van der Waals surface area contributed by atoms with Crippen LogP contribution in [0.4, 0.5) is 34.1 Å². The fourth-order valence-electron chi connectivity index (χ4n) is 9.17. The lowest BCUT2D eigenvalue weighted by atomic mass is 9.70. The molecule has 0 bridgehead atoms. The Kier molecular flexibility index (Phi) is 7.42. The molecule has 0 aliphatic heterocycles. The van der Waals surface area contributed by atoms with E-state index in [4.69, 9.17) is 0 Å². The molecule has 2 aliphatic carbocycles. The maximum absolute atomic E-state index is 2.48. The number of hydrogen-bond donors (Lipinski definition) is 0. The monoisotopic (exact) mass is 692 g/mol. The van der Waals surface area contributed by atoms with Gasteiger partial charge in [-0.05, 0) is 155 Å². The molecule has 0 saturated carbocycles. The second-order valence-electron chi connectivity index (χ2n) is 14.8. The second kappa shape index (κ2) is 12.5. The van der Waals surface area contributed by atoms with Gasteiger partial charge < -0.3 is 9.80 Å².